The predicted molar refractivity (Wildman–Crippen MR) is 99.5 cm³/mol. The molecule has 0 aromatic heterocycles. The van der Waals surface area contributed by atoms with E-state index in [9.17, 15) is 4.79 Å². The first kappa shape index (κ1) is 15.7. The Morgan fingerprint density at radius 1 is 0.913 bits per heavy atom. The van der Waals surface area contributed by atoms with E-state index in [2.05, 4.69) is 19.1 Å². The fraction of sp³-hybridized carbons (Fsp3) is 0.850. The fourth-order valence-corrected chi connectivity index (χ4v) is 2.52. The molecule has 0 bridgehead atoms. The largest absolute Gasteiger partial charge is 0.395 e. The number of amides is 1. The van der Waals surface area contributed by atoms with Crippen molar-refractivity contribution in [2.24, 2.45) is 0 Å². The molecule has 23 heavy (non-hydrogen) atoms. The number of rotatable bonds is 17. The predicted octanol–water partition coefficient (Wildman–Crippen LogP) is 5.13. The molecule has 2 N–H and O–H groups in total. The maximum absolute atomic E-state index is 11.6. The van der Waals surface area contributed by atoms with E-state index in [0.29, 0.717) is 6.42 Å². The Balaban J connectivity index is 3.47. The lowest BCUT2D eigenvalue weighted by Crippen LogP contribution is -2.25. The lowest BCUT2D eigenvalue weighted by Gasteiger charge is -2.03. The maximum atomic E-state index is 11.6. The van der Waals surface area contributed by atoms with Crippen LogP contribution in [0.4, 0.5) is 0 Å². The van der Waals surface area contributed by atoms with Crippen molar-refractivity contribution in [1.82, 2.24) is 5.32 Å². The van der Waals surface area contributed by atoms with Gasteiger partial charge in [0, 0.05) is 12.9 Å². The molecule has 0 aliphatic carbocycles. The highest BCUT2D eigenvalue weighted by Gasteiger charge is 1.99. The van der Waals surface area contributed by atoms with Crippen LogP contribution >= 0.6 is 0 Å². The van der Waals surface area contributed by atoms with Gasteiger partial charge in [-0.15, -0.1) is 0 Å². The first-order valence-electron chi connectivity index (χ1n) is 11.4. The van der Waals surface area contributed by atoms with Gasteiger partial charge in [-0.2, -0.15) is 0 Å². The first-order valence-corrected chi connectivity index (χ1v) is 9.39. The van der Waals surface area contributed by atoms with Gasteiger partial charge in [0.05, 0.1) is 12.0 Å². The van der Waals surface area contributed by atoms with Crippen molar-refractivity contribution in [3.63, 3.8) is 0 Å². The van der Waals surface area contributed by atoms with E-state index in [1.54, 1.807) is 0 Å². The SMILES string of the molecule is [2H]C([2H])(O)C([2H])([2H])NC(=O)CCCCCCC/C=C\CCCCCCCC. The Morgan fingerprint density at radius 2 is 1.43 bits per heavy atom. The average Bonchev–Trinajstić information content (AvgIpc) is 2.57. The number of unbranched alkanes of at least 4 members (excludes halogenated alkanes) is 11. The van der Waals surface area contributed by atoms with E-state index in [-0.39, 0.29) is 6.42 Å². The Kier molecular flexibility index (Phi) is 13.1. The molecule has 0 aliphatic rings. The van der Waals surface area contributed by atoms with E-state index >= 15 is 0 Å². The number of carbonyl (C=O) groups excluding carboxylic acids is 1. The minimum Gasteiger partial charge on any atom is -0.395 e. The van der Waals surface area contributed by atoms with Crippen molar-refractivity contribution < 1.29 is 15.4 Å². The zero-order chi connectivity index (χ0) is 20.6. The Labute approximate surface area is 149 Å². The third kappa shape index (κ3) is 19.1. The van der Waals surface area contributed by atoms with E-state index < -0.39 is 19.0 Å². The lowest BCUT2D eigenvalue weighted by molar-refractivity contribution is -0.121. The number of aliphatic hydroxyl groups is 1. The van der Waals surface area contributed by atoms with Crippen LogP contribution in [-0.2, 0) is 4.79 Å². The summed E-state index contributed by atoms with van der Waals surface area (Å²) in [7, 11) is 0. The highest BCUT2D eigenvalue weighted by atomic mass is 16.3. The lowest BCUT2D eigenvalue weighted by atomic mass is 10.1. The fourth-order valence-electron chi connectivity index (χ4n) is 2.52. The molecule has 0 saturated carbocycles. The zero-order valence-corrected chi connectivity index (χ0v) is 14.9. The smallest absolute Gasteiger partial charge is 0.220 e. The number of hydrogen-bond acceptors (Lipinski definition) is 2. The monoisotopic (exact) mass is 329 g/mol. The van der Waals surface area contributed by atoms with Crippen molar-refractivity contribution >= 4 is 5.91 Å². The molecule has 0 heterocycles. The van der Waals surface area contributed by atoms with Gasteiger partial charge in [0.1, 0.15) is 0 Å². The third-order valence-corrected chi connectivity index (χ3v) is 3.92. The number of hydrogen-bond donors (Lipinski definition) is 2. The minimum atomic E-state index is -3.09. The van der Waals surface area contributed by atoms with Gasteiger partial charge in [-0.3, -0.25) is 4.79 Å². The second-order valence-corrected chi connectivity index (χ2v) is 6.12. The van der Waals surface area contributed by atoms with Crippen LogP contribution in [0, 0.1) is 0 Å². The molecule has 1 amide bonds. The standard InChI is InChI=1S/C20H39NO2/c1-2-3-4-5-6-7-8-9-10-11-12-13-14-15-16-17-20(23)21-18-19-22/h9-10,22H,2-8,11-19H2,1H3,(H,21,23)/b10-9-/i18D2,19D2. The van der Waals surface area contributed by atoms with Gasteiger partial charge < -0.3 is 10.4 Å². The van der Waals surface area contributed by atoms with Crippen molar-refractivity contribution in [2.45, 2.75) is 96.8 Å². The average molecular weight is 330 g/mol. The maximum Gasteiger partial charge on any atom is 0.220 e. The van der Waals surface area contributed by atoms with Gasteiger partial charge in [-0.05, 0) is 32.1 Å². The summed E-state index contributed by atoms with van der Waals surface area (Å²) in [6, 6.07) is 0. The quantitative estimate of drug-likeness (QED) is 0.287. The summed E-state index contributed by atoms with van der Waals surface area (Å²) in [6.45, 7) is -3.63. The molecule has 0 aliphatic heterocycles. The summed E-state index contributed by atoms with van der Waals surface area (Å²) in [6.07, 6.45) is 19.8. The molecule has 0 spiro atoms. The first-order chi connectivity index (χ1) is 12.7. The Bertz CT molecular complexity index is 409. The molecule has 0 atom stereocenters. The number of carbonyl (C=O) groups is 1. The minimum absolute atomic E-state index is 0.147. The summed E-state index contributed by atoms with van der Waals surface area (Å²) in [5.74, 6) is -0.574. The molecule has 0 radical (unpaired) electrons. The van der Waals surface area contributed by atoms with Gasteiger partial charge in [-0.25, -0.2) is 0 Å². The van der Waals surface area contributed by atoms with E-state index in [1.807, 2.05) is 5.32 Å². The highest BCUT2D eigenvalue weighted by Crippen LogP contribution is 2.09. The summed E-state index contributed by atoms with van der Waals surface area (Å²) in [5, 5.41) is 10.9. The van der Waals surface area contributed by atoms with E-state index in [4.69, 9.17) is 10.6 Å². The third-order valence-electron chi connectivity index (χ3n) is 3.92. The second-order valence-electron chi connectivity index (χ2n) is 6.12. The van der Waals surface area contributed by atoms with Crippen LogP contribution in [0.25, 0.3) is 0 Å². The van der Waals surface area contributed by atoms with Crippen LogP contribution in [0.5, 0.6) is 0 Å². The van der Waals surface area contributed by atoms with Gasteiger partial charge in [0.2, 0.25) is 5.91 Å². The van der Waals surface area contributed by atoms with Crippen molar-refractivity contribution in [1.29, 1.82) is 0 Å². The van der Waals surface area contributed by atoms with Crippen molar-refractivity contribution in [3.05, 3.63) is 12.2 Å². The van der Waals surface area contributed by atoms with Crippen molar-refractivity contribution in [2.75, 3.05) is 13.1 Å². The molecule has 0 aromatic rings. The van der Waals surface area contributed by atoms with Crippen LogP contribution in [-0.4, -0.2) is 24.1 Å². The van der Waals surface area contributed by atoms with Gasteiger partial charge in [0.15, 0.2) is 0 Å². The second kappa shape index (κ2) is 19.2. The summed E-state index contributed by atoms with van der Waals surface area (Å²) in [4.78, 5) is 11.6. The molecular weight excluding hydrogens is 286 g/mol. The molecule has 0 fully saturated rings. The molecule has 136 valence electrons. The number of nitrogens with one attached hydrogen (secondary N) is 1. The van der Waals surface area contributed by atoms with Gasteiger partial charge in [0.25, 0.3) is 0 Å². The number of allylic oxidation sites excluding steroid dienone is 2. The van der Waals surface area contributed by atoms with Crippen molar-refractivity contribution in [3.8, 4) is 0 Å². The molecule has 3 nitrogen and oxygen atoms in total. The van der Waals surface area contributed by atoms with Crippen LogP contribution in [0.3, 0.4) is 0 Å². The van der Waals surface area contributed by atoms with E-state index in [1.165, 1.54) is 44.9 Å². The summed E-state index contributed by atoms with van der Waals surface area (Å²) < 4.78 is 28.5. The zero-order valence-electron chi connectivity index (χ0n) is 18.9. The topological polar surface area (TPSA) is 49.3 Å². The normalized spacial score (nSPS) is 15.0. The summed E-state index contributed by atoms with van der Waals surface area (Å²) in [5.41, 5.74) is 0. The van der Waals surface area contributed by atoms with Gasteiger partial charge in [-0.1, -0.05) is 70.4 Å². The molecule has 0 aromatic carbocycles. The molecule has 0 unspecified atom stereocenters. The summed E-state index contributed by atoms with van der Waals surface area (Å²) >= 11 is 0. The van der Waals surface area contributed by atoms with Crippen LogP contribution in [0.2, 0.25) is 0 Å². The van der Waals surface area contributed by atoms with Crippen LogP contribution < -0.4 is 5.32 Å². The molecule has 0 saturated heterocycles. The Hall–Kier alpha value is -0.830. The molecular formula is C20H39NO2. The van der Waals surface area contributed by atoms with E-state index in [0.717, 1.165) is 32.1 Å². The molecule has 0 rings (SSSR count). The van der Waals surface area contributed by atoms with Crippen LogP contribution in [0.15, 0.2) is 12.2 Å². The molecule has 3 heteroatoms. The highest BCUT2D eigenvalue weighted by molar-refractivity contribution is 5.75. The van der Waals surface area contributed by atoms with Gasteiger partial charge >= 0.3 is 0 Å². The van der Waals surface area contributed by atoms with Crippen LogP contribution in [0.1, 0.15) is 102 Å². The Morgan fingerprint density at radius 3 is 2.00 bits per heavy atom.